The second-order valence-corrected chi connectivity index (χ2v) is 5.68. The van der Waals surface area contributed by atoms with Crippen molar-refractivity contribution in [2.45, 2.75) is 45.6 Å². The Balaban J connectivity index is 2.93. The van der Waals surface area contributed by atoms with E-state index in [-0.39, 0.29) is 24.0 Å². The lowest BCUT2D eigenvalue weighted by Gasteiger charge is -2.23. The highest BCUT2D eigenvalue weighted by molar-refractivity contribution is 5.96. The molecular weight excluding hydrogens is 226 g/mol. The maximum atomic E-state index is 12.2. The highest BCUT2D eigenvalue weighted by Crippen LogP contribution is 2.25. The van der Waals surface area contributed by atoms with Gasteiger partial charge in [-0.2, -0.15) is 0 Å². The summed E-state index contributed by atoms with van der Waals surface area (Å²) in [5.41, 5.74) is 1.70. The molecule has 1 atom stereocenters. The Labute approximate surface area is 109 Å². The first-order valence-electron chi connectivity index (χ1n) is 6.37. The summed E-state index contributed by atoms with van der Waals surface area (Å²) >= 11 is 0. The van der Waals surface area contributed by atoms with E-state index in [0.717, 1.165) is 11.1 Å². The predicted octanol–water partition coefficient (Wildman–Crippen LogP) is 2.48. The zero-order chi connectivity index (χ0) is 13.8. The number of aliphatic hydroxyl groups is 1. The molecule has 0 aromatic heterocycles. The van der Waals surface area contributed by atoms with E-state index in [2.05, 4.69) is 26.1 Å². The largest absolute Gasteiger partial charge is 0.396 e. The van der Waals surface area contributed by atoms with Gasteiger partial charge in [0.2, 0.25) is 0 Å². The van der Waals surface area contributed by atoms with Crippen LogP contribution in [-0.4, -0.2) is 23.7 Å². The summed E-state index contributed by atoms with van der Waals surface area (Å²) in [4.78, 5) is 12.2. The smallest absolute Gasteiger partial charge is 0.251 e. The van der Waals surface area contributed by atoms with Crippen LogP contribution in [0.25, 0.3) is 0 Å². The molecule has 18 heavy (non-hydrogen) atoms. The number of benzene rings is 1. The van der Waals surface area contributed by atoms with Gasteiger partial charge in [-0.1, -0.05) is 39.0 Å². The summed E-state index contributed by atoms with van der Waals surface area (Å²) in [6, 6.07) is 7.65. The first-order valence-corrected chi connectivity index (χ1v) is 6.37. The molecule has 0 aliphatic carbocycles. The van der Waals surface area contributed by atoms with Crippen molar-refractivity contribution in [1.29, 1.82) is 0 Å². The fourth-order valence-electron chi connectivity index (χ4n) is 1.90. The van der Waals surface area contributed by atoms with Crippen LogP contribution >= 0.6 is 0 Å². The van der Waals surface area contributed by atoms with Crippen LogP contribution in [0.5, 0.6) is 0 Å². The molecule has 0 unspecified atom stereocenters. The zero-order valence-corrected chi connectivity index (χ0v) is 11.7. The van der Waals surface area contributed by atoms with Crippen molar-refractivity contribution >= 4 is 5.91 Å². The number of nitrogens with one attached hydrogen (secondary N) is 1. The molecule has 0 spiro atoms. The van der Waals surface area contributed by atoms with E-state index in [9.17, 15) is 4.79 Å². The lowest BCUT2D eigenvalue weighted by Crippen LogP contribution is -2.34. The van der Waals surface area contributed by atoms with Crippen molar-refractivity contribution in [3.63, 3.8) is 0 Å². The molecule has 0 saturated heterocycles. The Morgan fingerprint density at radius 2 is 1.94 bits per heavy atom. The van der Waals surface area contributed by atoms with Crippen LogP contribution in [0.2, 0.25) is 0 Å². The Hall–Kier alpha value is -1.35. The van der Waals surface area contributed by atoms with E-state index in [0.29, 0.717) is 6.42 Å². The lowest BCUT2D eigenvalue weighted by molar-refractivity contribution is 0.0932. The Morgan fingerprint density at radius 1 is 1.33 bits per heavy atom. The van der Waals surface area contributed by atoms with Crippen LogP contribution in [0.4, 0.5) is 0 Å². The summed E-state index contributed by atoms with van der Waals surface area (Å²) in [5.74, 6) is -0.0681. The van der Waals surface area contributed by atoms with Gasteiger partial charge in [0, 0.05) is 18.2 Å². The van der Waals surface area contributed by atoms with Gasteiger partial charge in [-0.25, -0.2) is 0 Å². The fourth-order valence-corrected chi connectivity index (χ4v) is 1.90. The minimum atomic E-state index is -0.0681. The lowest BCUT2D eigenvalue weighted by atomic mass is 9.83. The summed E-state index contributed by atoms with van der Waals surface area (Å²) in [6.45, 7) is 8.26. The molecule has 0 bridgehead atoms. The minimum Gasteiger partial charge on any atom is -0.396 e. The molecule has 0 aliphatic heterocycles. The molecule has 100 valence electrons. The second kappa shape index (κ2) is 6.01. The van der Waals surface area contributed by atoms with Gasteiger partial charge < -0.3 is 10.4 Å². The van der Waals surface area contributed by atoms with E-state index < -0.39 is 0 Å². The molecule has 1 aromatic rings. The van der Waals surface area contributed by atoms with Crippen molar-refractivity contribution in [1.82, 2.24) is 5.32 Å². The number of amides is 1. The average Bonchev–Trinajstić information content (AvgIpc) is 2.28. The highest BCUT2D eigenvalue weighted by Gasteiger charge is 2.21. The van der Waals surface area contributed by atoms with E-state index in [1.807, 2.05) is 31.2 Å². The summed E-state index contributed by atoms with van der Waals surface area (Å²) in [6.07, 6.45) is 0.573. The van der Waals surface area contributed by atoms with Gasteiger partial charge in [0.15, 0.2) is 0 Å². The molecule has 1 amide bonds. The topological polar surface area (TPSA) is 49.3 Å². The first kappa shape index (κ1) is 14.7. The molecule has 0 aliphatic rings. The van der Waals surface area contributed by atoms with Crippen molar-refractivity contribution in [2.75, 3.05) is 6.61 Å². The summed E-state index contributed by atoms with van der Waals surface area (Å²) in [5, 5.41) is 11.8. The van der Waals surface area contributed by atoms with Gasteiger partial charge in [0.1, 0.15) is 0 Å². The molecule has 1 aromatic carbocycles. The van der Waals surface area contributed by atoms with Crippen LogP contribution in [0.15, 0.2) is 24.3 Å². The van der Waals surface area contributed by atoms with Crippen LogP contribution in [0, 0.1) is 0 Å². The SMILES string of the molecule is C[C@H](CCO)NC(=O)c1ccccc1C(C)(C)C. The number of hydrogen-bond donors (Lipinski definition) is 2. The van der Waals surface area contributed by atoms with Gasteiger partial charge >= 0.3 is 0 Å². The fraction of sp³-hybridized carbons (Fsp3) is 0.533. The predicted molar refractivity (Wildman–Crippen MR) is 73.8 cm³/mol. The molecule has 1 rings (SSSR count). The monoisotopic (exact) mass is 249 g/mol. The third-order valence-corrected chi connectivity index (χ3v) is 2.92. The molecule has 3 nitrogen and oxygen atoms in total. The molecule has 0 heterocycles. The minimum absolute atomic E-state index is 0.0180. The molecule has 3 heteroatoms. The van der Waals surface area contributed by atoms with E-state index in [1.54, 1.807) is 0 Å². The van der Waals surface area contributed by atoms with Crippen LogP contribution in [0.1, 0.15) is 50.0 Å². The third kappa shape index (κ3) is 3.84. The van der Waals surface area contributed by atoms with Gasteiger partial charge in [-0.15, -0.1) is 0 Å². The van der Waals surface area contributed by atoms with Crippen LogP contribution < -0.4 is 5.32 Å². The summed E-state index contributed by atoms with van der Waals surface area (Å²) in [7, 11) is 0. The Bertz CT molecular complexity index is 407. The van der Waals surface area contributed by atoms with Gasteiger partial charge in [-0.05, 0) is 30.4 Å². The molecule has 2 N–H and O–H groups in total. The number of carbonyl (C=O) groups excluding carboxylic acids is 1. The quantitative estimate of drug-likeness (QED) is 0.861. The normalized spacial score (nSPS) is 13.2. The van der Waals surface area contributed by atoms with E-state index >= 15 is 0 Å². The standard InChI is InChI=1S/C15H23NO2/c1-11(9-10-17)16-14(18)12-7-5-6-8-13(12)15(2,3)4/h5-8,11,17H,9-10H2,1-4H3,(H,16,18)/t11-/m1/s1. The van der Waals surface area contributed by atoms with Crippen LogP contribution in [-0.2, 0) is 5.41 Å². The molecule has 0 fully saturated rings. The maximum Gasteiger partial charge on any atom is 0.251 e. The third-order valence-electron chi connectivity index (χ3n) is 2.92. The van der Waals surface area contributed by atoms with Crippen molar-refractivity contribution in [2.24, 2.45) is 0 Å². The van der Waals surface area contributed by atoms with Gasteiger partial charge in [0.25, 0.3) is 5.91 Å². The number of aliphatic hydroxyl groups excluding tert-OH is 1. The van der Waals surface area contributed by atoms with Crippen LogP contribution in [0.3, 0.4) is 0 Å². The average molecular weight is 249 g/mol. The Morgan fingerprint density at radius 3 is 2.50 bits per heavy atom. The second-order valence-electron chi connectivity index (χ2n) is 5.68. The molecule has 0 saturated carbocycles. The maximum absolute atomic E-state index is 12.2. The van der Waals surface area contributed by atoms with E-state index in [4.69, 9.17) is 5.11 Å². The van der Waals surface area contributed by atoms with Crippen molar-refractivity contribution in [3.8, 4) is 0 Å². The van der Waals surface area contributed by atoms with Gasteiger partial charge in [-0.3, -0.25) is 4.79 Å². The van der Waals surface area contributed by atoms with Crippen molar-refractivity contribution < 1.29 is 9.90 Å². The Kier molecular flexibility index (Phi) is 4.91. The number of hydrogen-bond acceptors (Lipinski definition) is 2. The van der Waals surface area contributed by atoms with E-state index in [1.165, 1.54) is 0 Å². The molecular formula is C15H23NO2. The number of rotatable bonds is 4. The zero-order valence-electron chi connectivity index (χ0n) is 11.7. The van der Waals surface area contributed by atoms with Crippen molar-refractivity contribution in [3.05, 3.63) is 35.4 Å². The molecule has 0 radical (unpaired) electrons. The first-order chi connectivity index (χ1) is 8.36. The van der Waals surface area contributed by atoms with Gasteiger partial charge in [0.05, 0.1) is 0 Å². The summed E-state index contributed by atoms with van der Waals surface area (Å²) < 4.78 is 0. The highest BCUT2D eigenvalue weighted by atomic mass is 16.3. The number of carbonyl (C=O) groups is 1.